The van der Waals surface area contributed by atoms with Crippen LogP contribution in [-0.2, 0) is 4.79 Å². The summed E-state index contributed by atoms with van der Waals surface area (Å²) in [4.78, 5) is 16.5. The van der Waals surface area contributed by atoms with Crippen LogP contribution in [0.4, 0.5) is 11.4 Å². The predicted octanol–water partition coefficient (Wildman–Crippen LogP) is 5.12. The normalized spacial score (nSPS) is 10.6. The Morgan fingerprint density at radius 1 is 1.07 bits per heavy atom. The third-order valence-electron chi connectivity index (χ3n) is 3.78. The van der Waals surface area contributed by atoms with Gasteiger partial charge in [-0.3, -0.25) is 9.79 Å². The zero-order valence-corrected chi connectivity index (χ0v) is 16.0. The second kappa shape index (κ2) is 9.58. The molecule has 0 unspecified atom stereocenters. The zero-order valence-electron chi connectivity index (χ0n) is 15.3. The molecule has 6 heteroatoms. The fourth-order valence-corrected chi connectivity index (χ4v) is 2.75. The van der Waals surface area contributed by atoms with Crippen LogP contribution in [0.1, 0.15) is 5.56 Å². The highest BCUT2D eigenvalue weighted by molar-refractivity contribution is 6.32. The fourth-order valence-electron chi connectivity index (χ4n) is 2.47. The van der Waals surface area contributed by atoms with Crippen molar-refractivity contribution < 1.29 is 14.3 Å². The molecule has 142 valence electrons. The zero-order chi connectivity index (χ0) is 19.8. The lowest BCUT2D eigenvalue weighted by Crippen LogP contribution is -2.20. The number of methoxy groups -OCH3 is 1. The average molecular weight is 395 g/mol. The summed E-state index contributed by atoms with van der Waals surface area (Å²) in [7, 11) is 1.51. The van der Waals surface area contributed by atoms with Crippen molar-refractivity contribution in [3.05, 3.63) is 83.4 Å². The van der Waals surface area contributed by atoms with E-state index < -0.39 is 0 Å². The Hall–Kier alpha value is -3.31. The van der Waals surface area contributed by atoms with Gasteiger partial charge in [0.15, 0.2) is 18.1 Å². The fraction of sp³-hybridized carbons (Fsp3) is 0.0909. The first-order chi connectivity index (χ1) is 13.7. The number of hydrogen-bond donors (Lipinski definition) is 1. The summed E-state index contributed by atoms with van der Waals surface area (Å²) in [6.45, 7) is -0.192. The Bertz CT molecular complexity index is 960. The molecule has 0 aromatic heterocycles. The molecule has 1 N–H and O–H groups in total. The van der Waals surface area contributed by atoms with Crippen molar-refractivity contribution >= 4 is 35.1 Å². The second-order valence-corrected chi connectivity index (χ2v) is 6.24. The number of ether oxygens (including phenoxy) is 2. The number of para-hydroxylation sites is 2. The van der Waals surface area contributed by atoms with E-state index in [1.54, 1.807) is 30.5 Å². The highest BCUT2D eigenvalue weighted by Crippen LogP contribution is 2.36. The molecule has 0 heterocycles. The topological polar surface area (TPSA) is 59.9 Å². The Labute approximate surface area is 168 Å². The van der Waals surface area contributed by atoms with Crippen molar-refractivity contribution in [2.75, 3.05) is 19.0 Å². The summed E-state index contributed by atoms with van der Waals surface area (Å²) in [6.07, 6.45) is 1.69. The number of amides is 1. The molecular weight excluding hydrogens is 376 g/mol. The summed E-state index contributed by atoms with van der Waals surface area (Å²) >= 11 is 6.34. The second-order valence-electron chi connectivity index (χ2n) is 5.83. The van der Waals surface area contributed by atoms with Crippen LogP contribution in [0, 0.1) is 0 Å². The van der Waals surface area contributed by atoms with Gasteiger partial charge in [0.05, 0.1) is 17.8 Å². The molecule has 0 atom stereocenters. The maximum absolute atomic E-state index is 12.1. The van der Waals surface area contributed by atoms with Crippen LogP contribution in [0.25, 0.3) is 0 Å². The van der Waals surface area contributed by atoms with Gasteiger partial charge >= 0.3 is 0 Å². The number of hydrogen-bond acceptors (Lipinski definition) is 4. The van der Waals surface area contributed by atoms with Crippen molar-refractivity contribution in [1.29, 1.82) is 0 Å². The molecule has 0 aliphatic carbocycles. The summed E-state index contributed by atoms with van der Waals surface area (Å²) in [5.74, 6) is 0.442. The van der Waals surface area contributed by atoms with Crippen molar-refractivity contribution in [3.8, 4) is 11.5 Å². The van der Waals surface area contributed by atoms with Gasteiger partial charge in [-0.15, -0.1) is 0 Å². The molecule has 0 saturated carbocycles. The number of rotatable bonds is 7. The Morgan fingerprint density at radius 3 is 2.43 bits per heavy atom. The number of halogens is 1. The van der Waals surface area contributed by atoms with Crippen molar-refractivity contribution in [3.63, 3.8) is 0 Å². The van der Waals surface area contributed by atoms with E-state index in [9.17, 15) is 4.79 Å². The number of nitrogens with zero attached hydrogens (tertiary/aromatic N) is 1. The molecule has 1 amide bonds. The average Bonchev–Trinajstić information content (AvgIpc) is 2.72. The van der Waals surface area contributed by atoms with E-state index in [2.05, 4.69) is 10.3 Å². The molecule has 3 aromatic rings. The van der Waals surface area contributed by atoms with E-state index in [1.807, 2.05) is 48.5 Å². The SMILES string of the molecule is COc1cc(C=Nc2ccccc2)cc(Cl)c1OCC(=O)Nc1ccccc1. The highest BCUT2D eigenvalue weighted by atomic mass is 35.5. The summed E-state index contributed by atoms with van der Waals surface area (Å²) < 4.78 is 11.0. The predicted molar refractivity (Wildman–Crippen MR) is 112 cm³/mol. The van der Waals surface area contributed by atoms with Crippen LogP contribution in [0.5, 0.6) is 11.5 Å². The molecule has 0 radical (unpaired) electrons. The summed E-state index contributed by atoms with van der Waals surface area (Å²) in [6, 6.07) is 22.2. The number of carbonyl (C=O) groups excluding carboxylic acids is 1. The van der Waals surface area contributed by atoms with E-state index in [4.69, 9.17) is 21.1 Å². The third kappa shape index (κ3) is 5.34. The minimum atomic E-state index is -0.293. The molecule has 3 aromatic carbocycles. The van der Waals surface area contributed by atoms with Gasteiger partial charge in [-0.25, -0.2) is 0 Å². The maximum atomic E-state index is 12.1. The smallest absolute Gasteiger partial charge is 0.262 e. The quantitative estimate of drug-likeness (QED) is 0.566. The molecular formula is C22H19ClN2O3. The molecule has 5 nitrogen and oxygen atoms in total. The largest absolute Gasteiger partial charge is 0.493 e. The number of nitrogens with one attached hydrogen (secondary N) is 1. The van der Waals surface area contributed by atoms with Gasteiger partial charge in [0.1, 0.15) is 0 Å². The van der Waals surface area contributed by atoms with Crippen molar-refractivity contribution in [2.45, 2.75) is 0 Å². The van der Waals surface area contributed by atoms with Gasteiger partial charge in [-0.1, -0.05) is 48.0 Å². The van der Waals surface area contributed by atoms with Gasteiger partial charge in [0.25, 0.3) is 5.91 Å². The molecule has 0 fully saturated rings. The number of benzene rings is 3. The maximum Gasteiger partial charge on any atom is 0.262 e. The van der Waals surface area contributed by atoms with Gasteiger partial charge in [0.2, 0.25) is 0 Å². The Kier molecular flexibility index (Phi) is 6.65. The summed E-state index contributed by atoms with van der Waals surface area (Å²) in [5, 5.41) is 3.08. The first-order valence-corrected chi connectivity index (χ1v) is 8.98. The van der Waals surface area contributed by atoms with Crippen LogP contribution in [0.15, 0.2) is 77.8 Å². The van der Waals surface area contributed by atoms with Crippen molar-refractivity contribution in [1.82, 2.24) is 0 Å². The lowest BCUT2D eigenvalue weighted by molar-refractivity contribution is -0.118. The van der Waals surface area contributed by atoms with Crippen LogP contribution >= 0.6 is 11.6 Å². The third-order valence-corrected chi connectivity index (χ3v) is 4.06. The lowest BCUT2D eigenvalue weighted by atomic mass is 10.2. The van der Waals surface area contributed by atoms with Gasteiger partial charge < -0.3 is 14.8 Å². The molecule has 28 heavy (non-hydrogen) atoms. The first kappa shape index (κ1) is 19.5. The summed E-state index contributed by atoms with van der Waals surface area (Å²) in [5.41, 5.74) is 2.28. The number of anilines is 1. The molecule has 0 aliphatic rings. The first-order valence-electron chi connectivity index (χ1n) is 8.60. The van der Waals surface area contributed by atoms with E-state index in [1.165, 1.54) is 7.11 Å². The molecule has 0 saturated heterocycles. The van der Waals surface area contributed by atoms with Gasteiger partial charge in [-0.2, -0.15) is 0 Å². The monoisotopic (exact) mass is 394 g/mol. The standard InChI is InChI=1S/C22H19ClN2O3/c1-27-20-13-16(14-24-17-8-4-2-5-9-17)12-19(23)22(20)28-15-21(26)25-18-10-6-3-7-11-18/h2-14H,15H2,1H3,(H,25,26). The lowest BCUT2D eigenvalue weighted by Gasteiger charge is -2.13. The molecule has 3 rings (SSSR count). The van der Waals surface area contributed by atoms with E-state index >= 15 is 0 Å². The van der Waals surface area contributed by atoms with Gasteiger partial charge in [-0.05, 0) is 42.0 Å². The molecule has 0 aliphatic heterocycles. The van der Waals surface area contributed by atoms with Crippen LogP contribution in [0.3, 0.4) is 0 Å². The molecule has 0 bridgehead atoms. The Morgan fingerprint density at radius 2 is 1.75 bits per heavy atom. The highest BCUT2D eigenvalue weighted by Gasteiger charge is 2.13. The number of carbonyl (C=O) groups is 1. The van der Waals surface area contributed by atoms with E-state index in [0.717, 1.165) is 11.3 Å². The minimum absolute atomic E-state index is 0.192. The van der Waals surface area contributed by atoms with Gasteiger partial charge in [0, 0.05) is 11.9 Å². The Balaban J connectivity index is 1.69. The minimum Gasteiger partial charge on any atom is -0.493 e. The van der Waals surface area contributed by atoms with Crippen LogP contribution in [0.2, 0.25) is 5.02 Å². The van der Waals surface area contributed by atoms with E-state index in [-0.39, 0.29) is 12.5 Å². The van der Waals surface area contributed by atoms with Crippen LogP contribution < -0.4 is 14.8 Å². The molecule has 0 spiro atoms. The van der Waals surface area contributed by atoms with Crippen LogP contribution in [-0.4, -0.2) is 25.8 Å². The van der Waals surface area contributed by atoms with E-state index in [0.29, 0.717) is 22.2 Å². The van der Waals surface area contributed by atoms with Crippen molar-refractivity contribution in [2.24, 2.45) is 4.99 Å². The number of aliphatic imine (C=N–C) groups is 1.